The van der Waals surface area contributed by atoms with E-state index in [1.165, 1.54) is 6.07 Å². The molecule has 1 N–H and O–H groups in total. The number of carbonyl (C=O) groups excluding carboxylic acids is 2. The Morgan fingerprint density at radius 1 is 0.862 bits per heavy atom. The summed E-state index contributed by atoms with van der Waals surface area (Å²) in [4.78, 5) is 24.8. The molecular weight excluding hydrogens is 433 g/mol. The van der Waals surface area contributed by atoms with Crippen LogP contribution in [0.15, 0.2) is 66.7 Å². The van der Waals surface area contributed by atoms with E-state index in [1.807, 2.05) is 0 Å². The lowest BCUT2D eigenvalue weighted by Crippen LogP contribution is -2.23. The number of anilines is 1. The molecule has 4 nitrogen and oxygen atoms in total. The Labute approximate surface area is 183 Å². The van der Waals surface area contributed by atoms with Crippen molar-refractivity contribution in [2.24, 2.45) is 0 Å². The van der Waals surface area contributed by atoms with Crippen molar-refractivity contribution in [3.8, 4) is 5.75 Å². The molecule has 0 radical (unpaired) electrons. The van der Waals surface area contributed by atoms with Crippen LogP contribution >= 0.6 is 34.8 Å². The number of ketones is 1. The average molecular weight is 449 g/mol. The second-order valence-corrected chi connectivity index (χ2v) is 7.49. The molecule has 148 valence electrons. The van der Waals surface area contributed by atoms with Crippen LogP contribution < -0.4 is 10.1 Å². The highest BCUT2D eigenvalue weighted by Crippen LogP contribution is 2.24. The van der Waals surface area contributed by atoms with E-state index in [4.69, 9.17) is 39.5 Å². The number of benzene rings is 3. The third kappa shape index (κ3) is 5.51. The van der Waals surface area contributed by atoms with Crippen LogP contribution in [0.2, 0.25) is 15.1 Å². The lowest BCUT2D eigenvalue weighted by Gasteiger charge is -2.14. The highest BCUT2D eigenvalue weighted by Gasteiger charge is 2.17. The summed E-state index contributed by atoms with van der Waals surface area (Å²) < 4.78 is 5.71. The lowest BCUT2D eigenvalue weighted by atomic mass is 10.1. The fourth-order valence-corrected chi connectivity index (χ4v) is 3.08. The van der Waals surface area contributed by atoms with E-state index in [0.717, 1.165) is 0 Å². The first-order valence-electron chi connectivity index (χ1n) is 8.66. The first-order valence-corrected chi connectivity index (χ1v) is 9.80. The van der Waals surface area contributed by atoms with Crippen LogP contribution in [-0.2, 0) is 0 Å². The van der Waals surface area contributed by atoms with Crippen molar-refractivity contribution in [1.29, 1.82) is 0 Å². The molecule has 1 atom stereocenters. The number of Topliss-reactive ketones (excluding diaryl/α,β-unsaturated/α-hetero) is 1. The second-order valence-electron chi connectivity index (χ2n) is 6.24. The minimum absolute atomic E-state index is 0.176. The van der Waals surface area contributed by atoms with Crippen molar-refractivity contribution in [2.75, 3.05) is 5.32 Å². The van der Waals surface area contributed by atoms with Gasteiger partial charge in [0.05, 0.1) is 10.0 Å². The fraction of sp³-hybridized carbons (Fsp3) is 0.0909. The molecule has 0 saturated heterocycles. The Kier molecular flexibility index (Phi) is 6.80. The van der Waals surface area contributed by atoms with Gasteiger partial charge in [0, 0.05) is 21.8 Å². The molecule has 3 aromatic carbocycles. The summed E-state index contributed by atoms with van der Waals surface area (Å²) in [5.41, 5.74) is 1.44. The summed E-state index contributed by atoms with van der Waals surface area (Å²) in [7, 11) is 0. The van der Waals surface area contributed by atoms with E-state index in [2.05, 4.69) is 5.32 Å². The molecule has 0 heterocycles. The quantitative estimate of drug-likeness (QED) is 0.435. The molecule has 0 saturated carbocycles. The highest BCUT2D eigenvalue weighted by atomic mass is 35.5. The summed E-state index contributed by atoms with van der Waals surface area (Å²) in [6, 6.07) is 18.1. The van der Waals surface area contributed by atoms with Crippen molar-refractivity contribution in [3.05, 3.63) is 92.9 Å². The van der Waals surface area contributed by atoms with Crippen LogP contribution in [-0.4, -0.2) is 17.8 Å². The molecule has 0 spiro atoms. The van der Waals surface area contributed by atoms with Gasteiger partial charge in [-0.2, -0.15) is 0 Å². The van der Waals surface area contributed by atoms with Gasteiger partial charge in [-0.05, 0) is 61.5 Å². The highest BCUT2D eigenvalue weighted by molar-refractivity contribution is 6.42. The Hall–Kier alpha value is -2.53. The van der Waals surface area contributed by atoms with Crippen LogP contribution in [0.1, 0.15) is 27.6 Å². The van der Waals surface area contributed by atoms with E-state index in [1.54, 1.807) is 67.6 Å². The van der Waals surface area contributed by atoms with Gasteiger partial charge in [-0.25, -0.2) is 0 Å². The fourth-order valence-electron chi connectivity index (χ4n) is 2.59. The lowest BCUT2D eigenvalue weighted by molar-refractivity contribution is 0.0818. The molecule has 7 heteroatoms. The number of nitrogens with one attached hydrogen (secondary N) is 1. The largest absolute Gasteiger partial charge is 0.483 e. The zero-order chi connectivity index (χ0) is 21.0. The van der Waals surface area contributed by atoms with Crippen molar-refractivity contribution in [1.82, 2.24) is 0 Å². The van der Waals surface area contributed by atoms with Crippen LogP contribution in [0.25, 0.3) is 0 Å². The standard InChI is InChI=1S/C22H16Cl3NO3/c1-13(21(27)14-3-2-4-16(23)11-14)29-18-8-6-17(7-9-18)26-22(28)15-5-10-19(24)20(25)12-15/h2-13H,1H3,(H,26,28). The summed E-state index contributed by atoms with van der Waals surface area (Å²) in [5.74, 6) is 0.00616. The first-order chi connectivity index (χ1) is 13.8. The zero-order valence-corrected chi connectivity index (χ0v) is 17.6. The average Bonchev–Trinajstić information content (AvgIpc) is 2.70. The SMILES string of the molecule is CC(Oc1ccc(NC(=O)c2ccc(Cl)c(Cl)c2)cc1)C(=O)c1cccc(Cl)c1. The summed E-state index contributed by atoms with van der Waals surface area (Å²) >= 11 is 17.7. The zero-order valence-electron chi connectivity index (χ0n) is 15.3. The summed E-state index contributed by atoms with van der Waals surface area (Å²) in [6.07, 6.45) is -0.690. The third-order valence-electron chi connectivity index (χ3n) is 4.09. The molecular formula is C22H16Cl3NO3. The Morgan fingerprint density at radius 2 is 1.59 bits per heavy atom. The van der Waals surface area contributed by atoms with Crippen LogP contribution in [0.3, 0.4) is 0 Å². The minimum atomic E-state index is -0.690. The van der Waals surface area contributed by atoms with Gasteiger partial charge in [-0.15, -0.1) is 0 Å². The molecule has 0 bridgehead atoms. The summed E-state index contributed by atoms with van der Waals surface area (Å²) in [6.45, 7) is 1.67. The van der Waals surface area contributed by atoms with Gasteiger partial charge in [0.15, 0.2) is 6.10 Å². The molecule has 3 aromatic rings. The van der Waals surface area contributed by atoms with Crippen LogP contribution in [0.4, 0.5) is 5.69 Å². The smallest absolute Gasteiger partial charge is 0.255 e. The first kappa shape index (κ1) is 21.2. The van der Waals surface area contributed by atoms with E-state index >= 15 is 0 Å². The van der Waals surface area contributed by atoms with E-state index in [-0.39, 0.29) is 11.7 Å². The molecule has 29 heavy (non-hydrogen) atoms. The van der Waals surface area contributed by atoms with Gasteiger partial charge in [-0.1, -0.05) is 46.9 Å². The molecule has 1 amide bonds. The molecule has 1 unspecified atom stereocenters. The number of hydrogen-bond donors (Lipinski definition) is 1. The number of amides is 1. The topological polar surface area (TPSA) is 55.4 Å². The van der Waals surface area contributed by atoms with Crippen molar-refractivity contribution in [2.45, 2.75) is 13.0 Å². The Morgan fingerprint density at radius 3 is 2.24 bits per heavy atom. The van der Waals surface area contributed by atoms with E-state index < -0.39 is 6.10 Å². The van der Waals surface area contributed by atoms with Gasteiger partial charge in [0.1, 0.15) is 5.75 Å². The van der Waals surface area contributed by atoms with Gasteiger partial charge in [0.25, 0.3) is 5.91 Å². The third-order valence-corrected chi connectivity index (χ3v) is 5.06. The number of hydrogen-bond acceptors (Lipinski definition) is 3. The normalized spacial score (nSPS) is 11.6. The van der Waals surface area contributed by atoms with Crippen molar-refractivity contribution in [3.63, 3.8) is 0 Å². The predicted molar refractivity (Wildman–Crippen MR) is 117 cm³/mol. The van der Waals surface area contributed by atoms with Gasteiger partial charge >= 0.3 is 0 Å². The monoisotopic (exact) mass is 447 g/mol. The number of halogens is 3. The van der Waals surface area contributed by atoms with Gasteiger partial charge in [0.2, 0.25) is 5.78 Å². The molecule has 0 aliphatic rings. The van der Waals surface area contributed by atoms with Crippen LogP contribution in [0.5, 0.6) is 5.75 Å². The molecule has 0 aliphatic carbocycles. The molecule has 0 aliphatic heterocycles. The maximum atomic E-state index is 12.5. The van der Waals surface area contributed by atoms with E-state index in [9.17, 15) is 9.59 Å². The van der Waals surface area contributed by atoms with Crippen molar-refractivity contribution >= 4 is 52.2 Å². The maximum absolute atomic E-state index is 12.5. The summed E-state index contributed by atoms with van der Waals surface area (Å²) in [5, 5.41) is 3.94. The molecule has 0 fully saturated rings. The van der Waals surface area contributed by atoms with Crippen molar-refractivity contribution < 1.29 is 14.3 Å². The van der Waals surface area contributed by atoms with Gasteiger partial charge < -0.3 is 10.1 Å². The predicted octanol–water partition coefficient (Wildman–Crippen LogP) is 6.55. The Balaban J connectivity index is 1.63. The minimum Gasteiger partial charge on any atom is -0.483 e. The molecule has 3 rings (SSSR count). The number of rotatable bonds is 6. The second kappa shape index (κ2) is 9.31. The van der Waals surface area contributed by atoms with Gasteiger partial charge in [-0.3, -0.25) is 9.59 Å². The van der Waals surface area contributed by atoms with E-state index in [0.29, 0.717) is 37.6 Å². The number of carbonyl (C=O) groups is 2. The Bertz CT molecular complexity index is 1050. The van der Waals surface area contributed by atoms with Crippen LogP contribution in [0, 0.1) is 0 Å². The number of ether oxygens (including phenoxy) is 1. The maximum Gasteiger partial charge on any atom is 0.255 e. The molecule has 0 aromatic heterocycles.